The quantitative estimate of drug-likeness (QED) is 0.262. The Kier molecular flexibility index (Phi) is 4.07. The zero-order valence-electron chi connectivity index (χ0n) is 18.1. The van der Waals surface area contributed by atoms with Gasteiger partial charge in [0.25, 0.3) is 0 Å². The lowest BCUT2D eigenvalue weighted by molar-refractivity contribution is 0.358. The topological polar surface area (TPSA) is 18.5 Å². The van der Waals surface area contributed by atoms with Crippen molar-refractivity contribution in [3.05, 3.63) is 120 Å². The molecule has 0 spiro atoms. The maximum atomic E-state index is 6.68. The number of hydrogen-bond acceptors (Lipinski definition) is 2. The van der Waals surface area contributed by atoms with E-state index in [9.17, 15) is 0 Å². The molecule has 0 fully saturated rings. The lowest BCUT2D eigenvalue weighted by Crippen LogP contribution is -2.09. The van der Waals surface area contributed by atoms with Crippen LogP contribution in [0.5, 0.6) is 23.0 Å². The molecule has 2 nitrogen and oxygen atoms in total. The fourth-order valence-electron chi connectivity index (χ4n) is 5.51. The summed E-state index contributed by atoms with van der Waals surface area (Å²) in [4.78, 5) is 0. The van der Waals surface area contributed by atoms with Crippen molar-refractivity contribution in [2.24, 2.45) is 0 Å². The summed E-state index contributed by atoms with van der Waals surface area (Å²) in [5.41, 5.74) is 6.50. The Hall–Kier alpha value is -4.04. The van der Waals surface area contributed by atoms with Crippen molar-refractivity contribution in [1.82, 2.24) is 0 Å². The van der Waals surface area contributed by atoms with Gasteiger partial charge in [-0.05, 0) is 52.6 Å². The van der Waals surface area contributed by atoms with Gasteiger partial charge < -0.3 is 9.47 Å². The van der Waals surface area contributed by atoms with Crippen molar-refractivity contribution < 1.29 is 9.47 Å². The van der Waals surface area contributed by atoms with Crippen molar-refractivity contribution in [2.75, 3.05) is 0 Å². The predicted molar refractivity (Wildman–Crippen MR) is 133 cm³/mol. The van der Waals surface area contributed by atoms with Gasteiger partial charge in [0.2, 0.25) is 0 Å². The minimum Gasteiger partial charge on any atom is -0.449 e. The highest BCUT2D eigenvalue weighted by atomic mass is 16.6. The van der Waals surface area contributed by atoms with Gasteiger partial charge in [-0.1, -0.05) is 91.0 Å². The Morgan fingerprint density at radius 1 is 0.576 bits per heavy atom. The minimum absolute atomic E-state index is 0.209. The predicted octanol–water partition coefficient (Wildman–Crippen LogP) is 8.48. The van der Waals surface area contributed by atoms with Crippen LogP contribution in [0.3, 0.4) is 0 Å². The van der Waals surface area contributed by atoms with Crippen LogP contribution >= 0.6 is 0 Å². The maximum Gasteiger partial charge on any atom is 0.178 e. The molecule has 2 heteroatoms. The highest BCUT2D eigenvalue weighted by Gasteiger charge is 2.34. The Labute approximate surface area is 193 Å². The number of hydrogen-bond donors (Lipinski definition) is 0. The van der Waals surface area contributed by atoms with Crippen LogP contribution in [-0.2, 0) is 6.42 Å². The summed E-state index contributed by atoms with van der Waals surface area (Å²) in [6, 6.07) is 36.2. The third kappa shape index (κ3) is 2.81. The smallest absolute Gasteiger partial charge is 0.178 e. The van der Waals surface area contributed by atoms with Gasteiger partial charge in [-0.15, -0.1) is 0 Å². The van der Waals surface area contributed by atoms with Crippen LogP contribution in [0.15, 0.2) is 103 Å². The van der Waals surface area contributed by atoms with Gasteiger partial charge in [-0.2, -0.15) is 0 Å². The Morgan fingerprint density at radius 3 is 2.03 bits per heavy atom. The van der Waals surface area contributed by atoms with Crippen LogP contribution in [0, 0.1) is 0 Å². The Bertz CT molecular complexity index is 1520. The van der Waals surface area contributed by atoms with E-state index in [1.165, 1.54) is 33.2 Å². The molecule has 1 aliphatic carbocycles. The van der Waals surface area contributed by atoms with Crippen LogP contribution in [0.1, 0.15) is 29.0 Å². The molecule has 0 bridgehead atoms. The molecular formula is C31H22O2. The number of fused-ring (bicyclic) bond motifs is 9. The van der Waals surface area contributed by atoms with Gasteiger partial charge in [0.15, 0.2) is 23.0 Å². The van der Waals surface area contributed by atoms with E-state index in [1.807, 2.05) is 24.3 Å². The summed E-state index contributed by atoms with van der Waals surface area (Å²) in [6.07, 6.45) is 2.04. The van der Waals surface area contributed by atoms with E-state index in [4.69, 9.17) is 9.47 Å². The second-order valence-electron chi connectivity index (χ2n) is 8.80. The molecule has 1 aliphatic heterocycles. The number of ether oxygens (including phenoxy) is 2. The van der Waals surface area contributed by atoms with E-state index < -0.39 is 0 Å². The van der Waals surface area contributed by atoms with Crippen LogP contribution in [-0.4, -0.2) is 0 Å². The molecule has 1 heterocycles. The molecule has 0 aromatic heterocycles. The van der Waals surface area contributed by atoms with Crippen molar-refractivity contribution in [1.29, 1.82) is 0 Å². The highest BCUT2D eigenvalue weighted by Crippen LogP contribution is 2.58. The van der Waals surface area contributed by atoms with Gasteiger partial charge in [-0.25, -0.2) is 0 Å². The summed E-state index contributed by atoms with van der Waals surface area (Å²) in [6.45, 7) is 0. The second kappa shape index (κ2) is 7.25. The van der Waals surface area contributed by atoms with Gasteiger partial charge in [0, 0.05) is 16.9 Å². The number of rotatable bonds is 1. The largest absolute Gasteiger partial charge is 0.449 e. The van der Waals surface area contributed by atoms with Crippen LogP contribution in [0.4, 0.5) is 0 Å². The van der Waals surface area contributed by atoms with E-state index >= 15 is 0 Å². The molecule has 5 aromatic rings. The molecule has 1 atom stereocenters. The lowest BCUT2D eigenvalue weighted by atomic mass is 9.82. The van der Waals surface area contributed by atoms with E-state index in [2.05, 4.69) is 78.9 Å². The first-order chi connectivity index (χ1) is 16.4. The van der Waals surface area contributed by atoms with Gasteiger partial charge in [0.05, 0.1) is 0 Å². The van der Waals surface area contributed by atoms with Gasteiger partial charge >= 0.3 is 0 Å². The summed E-state index contributed by atoms with van der Waals surface area (Å²) >= 11 is 0. The molecule has 0 amide bonds. The molecule has 33 heavy (non-hydrogen) atoms. The molecule has 0 saturated heterocycles. The second-order valence-corrected chi connectivity index (χ2v) is 8.80. The average molecular weight is 427 g/mol. The molecular weight excluding hydrogens is 404 g/mol. The maximum absolute atomic E-state index is 6.68. The Balaban J connectivity index is 1.63. The summed E-state index contributed by atoms with van der Waals surface area (Å²) in [7, 11) is 0. The highest BCUT2D eigenvalue weighted by molar-refractivity contribution is 6.05. The SMILES string of the molecule is c1ccc(C2CCc3ccccc3-c3c2c2c(c4ccccc34)Oc3ccccc3O2)cc1. The Morgan fingerprint density at radius 2 is 1.21 bits per heavy atom. The fourth-order valence-corrected chi connectivity index (χ4v) is 5.51. The minimum atomic E-state index is 0.209. The normalized spacial score (nSPS) is 15.8. The van der Waals surface area contributed by atoms with E-state index in [-0.39, 0.29) is 5.92 Å². The summed E-state index contributed by atoms with van der Waals surface area (Å²) < 4.78 is 13.2. The summed E-state index contributed by atoms with van der Waals surface area (Å²) in [5, 5.41) is 2.30. The van der Waals surface area contributed by atoms with Crippen LogP contribution < -0.4 is 9.47 Å². The zero-order valence-corrected chi connectivity index (χ0v) is 18.1. The van der Waals surface area contributed by atoms with Crippen molar-refractivity contribution in [3.8, 4) is 34.1 Å². The van der Waals surface area contributed by atoms with Crippen LogP contribution in [0.25, 0.3) is 21.9 Å². The van der Waals surface area contributed by atoms with Crippen molar-refractivity contribution >= 4 is 10.8 Å². The monoisotopic (exact) mass is 426 g/mol. The van der Waals surface area contributed by atoms with Crippen molar-refractivity contribution in [2.45, 2.75) is 18.8 Å². The molecule has 5 aromatic carbocycles. The zero-order chi connectivity index (χ0) is 21.8. The van der Waals surface area contributed by atoms with E-state index in [0.29, 0.717) is 0 Å². The molecule has 1 unspecified atom stereocenters. The number of benzene rings is 5. The molecule has 0 radical (unpaired) electrons. The van der Waals surface area contributed by atoms with Crippen LogP contribution in [0.2, 0.25) is 0 Å². The van der Waals surface area contributed by atoms with E-state index in [0.717, 1.165) is 41.2 Å². The van der Waals surface area contributed by atoms with Gasteiger partial charge in [-0.3, -0.25) is 0 Å². The third-order valence-electron chi connectivity index (χ3n) is 6.97. The first kappa shape index (κ1) is 18.5. The molecule has 0 saturated carbocycles. The average Bonchev–Trinajstić information content (AvgIpc) is 3.06. The third-order valence-corrected chi connectivity index (χ3v) is 6.97. The molecule has 0 N–H and O–H groups in total. The van der Waals surface area contributed by atoms with Crippen molar-refractivity contribution in [3.63, 3.8) is 0 Å². The lowest BCUT2D eigenvalue weighted by Gasteiger charge is -2.29. The first-order valence-electron chi connectivity index (χ1n) is 11.5. The molecule has 158 valence electrons. The fraction of sp³-hybridized carbons (Fsp3) is 0.0968. The number of aryl methyl sites for hydroxylation is 1. The van der Waals surface area contributed by atoms with E-state index in [1.54, 1.807) is 0 Å². The molecule has 2 aliphatic rings. The first-order valence-corrected chi connectivity index (χ1v) is 11.5. The van der Waals surface area contributed by atoms with Gasteiger partial charge in [0.1, 0.15) is 0 Å². The number of para-hydroxylation sites is 2. The molecule has 7 rings (SSSR count). The summed E-state index contributed by atoms with van der Waals surface area (Å²) in [5.74, 6) is 3.42. The standard InChI is InChI=1S/C31H22O2/c1-2-10-20(11-3-1)23-19-18-21-12-4-5-13-22(21)28-24-14-6-7-15-25(24)30-31(29(23)28)33-27-17-9-8-16-26(27)32-30/h1-17,23H,18-19H2.